The summed E-state index contributed by atoms with van der Waals surface area (Å²) in [6.45, 7) is 3.22. The second-order valence-corrected chi connectivity index (χ2v) is 2.24. The molecule has 0 atom stereocenters. The lowest BCUT2D eigenvalue weighted by Gasteiger charge is -1.94. The number of rotatable bonds is 4. The van der Waals surface area contributed by atoms with Gasteiger partial charge in [0, 0.05) is 6.61 Å². The van der Waals surface area contributed by atoms with Crippen LogP contribution < -0.4 is 0 Å². The molecule has 0 fully saturated rings. The van der Waals surface area contributed by atoms with E-state index >= 15 is 0 Å². The summed E-state index contributed by atoms with van der Waals surface area (Å²) in [5.41, 5.74) is 0. The van der Waals surface area contributed by atoms with Gasteiger partial charge in [0.25, 0.3) is 5.28 Å². The van der Waals surface area contributed by atoms with Crippen LogP contribution in [0.15, 0.2) is 4.52 Å². The Labute approximate surface area is 69.5 Å². The molecule has 0 aliphatic heterocycles. The van der Waals surface area contributed by atoms with Gasteiger partial charge in [-0.2, -0.15) is 4.98 Å². The average molecular weight is 177 g/mol. The van der Waals surface area contributed by atoms with Gasteiger partial charge in [-0.15, -0.1) is 0 Å². The van der Waals surface area contributed by atoms with E-state index in [2.05, 4.69) is 10.1 Å². The zero-order chi connectivity index (χ0) is 8.10. The van der Waals surface area contributed by atoms with Gasteiger partial charge >= 0.3 is 0 Å². The van der Waals surface area contributed by atoms with Gasteiger partial charge in [0.15, 0.2) is 0 Å². The Morgan fingerprint density at radius 3 is 3.00 bits per heavy atom. The van der Waals surface area contributed by atoms with Crippen LogP contribution in [-0.2, 0) is 11.2 Å². The molecular weight excluding hydrogens is 168 g/mol. The highest BCUT2D eigenvalue weighted by atomic mass is 35.5. The monoisotopic (exact) mass is 176 g/mol. The van der Waals surface area contributed by atoms with Crippen molar-refractivity contribution in [2.75, 3.05) is 13.2 Å². The molecule has 0 aliphatic carbocycles. The third-order valence-corrected chi connectivity index (χ3v) is 1.26. The normalized spacial score (nSPS) is 10.4. The van der Waals surface area contributed by atoms with E-state index in [1.807, 2.05) is 6.92 Å². The average Bonchev–Trinajstić information content (AvgIpc) is 2.37. The van der Waals surface area contributed by atoms with Gasteiger partial charge in [0.2, 0.25) is 5.89 Å². The minimum Gasteiger partial charge on any atom is -0.381 e. The summed E-state index contributed by atoms with van der Waals surface area (Å²) >= 11 is 5.42. The Morgan fingerprint density at radius 1 is 1.64 bits per heavy atom. The van der Waals surface area contributed by atoms with Gasteiger partial charge in [0.05, 0.1) is 13.0 Å². The van der Waals surface area contributed by atoms with Crippen molar-refractivity contribution in [3.63, 3.8) is 0 Å². The molecule has 0 radical (unpaired) electrons. The first kappa shape index (κ1) is 8.49. The zero-order valence-corrected chi connectivity index (χ0v) is 6.97. The van der Waals surface area contributed by atoms with E-state index < -0.39 is 0 Å². The van der Waals surface area contributed by atoms with Crippen LogP contribution >= 0.6 is 11.6 Å². The van der Waals surface area contributed by atoms with Crippen molar-refractivity contribution in [3.8, 4) is 0 Å². The first-order chi connectivity index (χ1) is 5.33. The summed E-state index contributed by atoms with van der Waals surface area (Å²) in [6, 6.07) is 0. The first-order valence-electron chi connectivity index (χ1n) is 3.38. The third kappa shape index (κ3) is 2.86. The number of hydrogen-bond donors (Lipinski definition) is 0. The predicted octanol–water partition coefficient (Wildman–Crippen LogP) is 1.30. The minimum absolute atomic E-state index is 0.150. The van der Waals surface area contributed by atoms with Crippen LogP contribution in [0.3, 0.4) is 0 Å². The summed E-state index contributed by atoms with van der Waals surface area (Å²) in [5.74, 6) is 0.517. The molecule has 1 heterocycles. The highest BCUT2D eigenvalue weighted by Crippen LogP contribution is 2.02. The second-order valence-electron chi connectivity index (χ2n) is 1.90. The number of halogens is 1. The fourth-order valence-corrected chi connectivity index (χ4v) is 0.768. The Balaban J connectivity index is 2.27. The van der Waals surface area contributed by atoms with Crippen LogP contribution in [0.25, 0.3) is 0 Å². The molecule has 11 heavy (non-hydrogen) atoms. The number of aromatic nitrogens is 2. The number of nitrogens with zero attached hydrogens (tertiary/aromatic N) is 2. The van der Waals surface area contributed by atoms with E-state index in [9.17, 15) is 0 Å². The molecule has 0 unspecified atom stereocenters. The minimum atomic E-state index is 0.150. The Hall–Kier alpha value is -0.610. The summed E-state index contributed by atoms with van der Waals surface area (Å²) in [7, 11) is 0. The van der Waals surface area contributed by atoms with E-state index in [0.717, 1.165) is 0 Å². The van der Waals surface area contributed by atoms with E-state index in [4.69, 9.17) is 20.9 Å². The van der Waals surface area contributed by atoms with E-state index in [1.54, 1.807) is 0 Å². The predicted molar refractivity (Wildman–Crippen MR) is 39.5 cm³/mol. The number of hydrogen-bond acceptors (Lipinski definition) is 4. The van der Waals surface area contributed by atoms with Crippen molar-refractivity contribution >= 4 is 11.6 Å². The van der Waals surface area contributed by atoms with Crippen molar-refractivity contribution < 1.29 is 9.26 Å². The summed E-state index contributed by atoms with van der Waals surface area (Å²) in [6.07, 6.45) is 0.619. The quantitative estimate of drug-likeness (QED) is 0.649. The van der Waals surface area contributed by atoms with Crippen LogP contribution in [0.4, 0.5) is 0 Å². The molecular formula is C6H9ClN2O2. The molecule has 62 valence electrons. The van der Waals surface area contributed by atoms with Crippen molar-refractivity contribution in [3.05, 3.63) is 11.2 Å². The molecule has 0 spiro atoms. The van der Waals surface area contributed by atoms with Crippen LogP contribution in [0, 0.1) is 0 Å². The first-order valence-corrected chi connectivity index (χ1v) is 3.76. The molecule has 1 aromatic heterocycles. The molecule has 0 amide bonds. The topological polar surface area (TPSA) is 48.2 Å². The van der Waals surface area contributed by atoms with Crippen molar-refractivity contribution in [1.82, 2.24) is 10.1 Å². The molecule has 0 saturated carbocycles. The number of ether oxygens (including phenoxy) is 1. The van der Waals surface area contributed by atoms with Gasteiger partial charge in [-0.05, 0) is 23.7 Å². The fraction of sp³-hybridized carbons (Fsp3) is 0.667. The largest absolute Gasteiger partial charge is 0.381 e. The molecule has 5 heteroatoms. The van der Waals surface area contributed by atoms with Gasteiger partial charge in [-0.25, -0.2) is 0 Å². The Bertz CT molecular complexity index is 214. The maximum Gasteiger partial charge on any atom is 0.263 e. The van der Waals surface area contributed by atoms with E-state index in [1.165, 1.54) is 0 Å². The second kappa shape index (κ2) is 4.31. The summed E-state index contributed by atoms with van der Waals surface area (Å²) < 4.78 is 9.81. The van der Waals surface area contributed by atoms with Crippen LogP contribution in [-0.4, -0.2) is 23.4 Å². The molecule has 1 aromatic rings. The van der Waals surface area contributed by atoms with E-state index in [-0.39, 0.29) is 5.28 Å². The maximum absolute atomic E-state index is 5.42. The summed E-state index contributed by atoms with van der Waals surface area (Å²) in [5, 5.41) is 3.57. The lowest BCUT2D eigenvalue weighted by atomic mass is 10.4. The highest BCUT2D eigenvalue weighted by Gasteiger charge is 2.01. The molecule has 0 aromatic carbocycles. The van der Waals surface area contributed by atoms with Crippen molar-refractivity contribution in [2.45, 2.75) is 13.3 Å². The maximum atomic E-state index is 5.42. The van der Waals surface area contributed by atoms with Gasteiger partial charge < -0.3 is 9.26 Å². The smallest absolute Gasteiger partial charge is 0.263 e. The SMILES string of the molecule is CCOCCc1nc(Cl)no1. The van der Waals surface area contributed by atoms with Gasteiger partial charge in [-0.3, -0.25) is 0 Å². The summed E-state index contributed by atoms with van der Waals surface area (Å²) in [4.78, 5) is 3.79. The fourth-order valence-electron chi connectivity index (χ4n) is 0.639. The molecule has 1 rings (SSSR count). The molecule has 4 nitrogen and oxygen atoms in total. The molecule has 0 aliphatic rings. The van der Waals surface area contributed by atoms with E-state index in [0.29, 0.717) is 25.5 Å². The molecule has 0 N–H and O–H groups in total. The van der Waals surface area contributed by atoms with Crippen LogP contribution in [0.2, 0.25) is 5.28 Å². The van der Waals surface area contributed by atoms with Gasteiger partial charge in [0.1, 0.15) is 0 Å². The van der Waals surface area contributed by atoms with Crippen molar-refractivity contribution in [2.24, 2.45) is 0 Å². The van der Waals surface area contributed by atoms with Crippen LogP contribution in [0.5, 0.6) is 0 Å². The standard InChI is InChI=1S/C6H9ClN2O2/c1-2-10-4-3-5-8-6(7)9-11-5/h2-4H2,1H3. The van der Waals surface area contributed by atoms with Crippen molar-refractivity contribution in [1.29, 1.82) is 0 Å². The zero-order valence-electron chi connectivity index (χ0n) is 6.21. The molecule has 0 saturated heterocycles. The lowest BCUT2D eigenvalue weighted by Crippen LogP contribution is -1.97. The lowest BCUT2D eigenvalue weighted by molar-refractivity contribution is 0.144. The highest BCUT2D eigenvalue weighted by molar-refractivity contribution is 6.28. The molecule has 0 bridgehead atoms. The third-order valence-electron chi connectivity index (χ3n) is 1.11. The Kier molecular flexibility index (Phi) is 3.32. The van der Waals surface area contributed by atoms with Crippen LogP contribution in [0.1, 0.15) is 12.8 Å². The van der Waals surface area contributed by atoms with Gasteiger partial charge in [-0.1, -0.05) is 0 Å². The Morgan fingerprint density at radius 2 is 2.45 bits per heavy atom.